The number of carbonyl (C=O) groups excluding carboxylic acids is 1. The Kier molecular flexibility index (Phi) is 8.46. The highest BCUT2D eigenvalue weighted by Crippen LogP contribution is 2.37. The number of carbonyl (C=O) groups is 1. The molecule has 1 aromatic carbocycles. The van der Waals surface area contributed by atoms with E-state index in [1.54, 1.807) is 12.1 Å². The van der Waals surface area contributed by atoms with Gasteiger partial charge >= 0.3 is 6.18 Å². The summed E-state index contributed by atoms with van der Waals surface area (Å²) in [7, 11) is 0. The van der Waals surface area contributed by atoms with Crippen LogP contribution in [0.25, 0.3) is 6.08 Å². The lowest BCUT2D eigenvalue weighted by molar-refractivity contribution is -0.141. The monoisotopic (exact) mass is 552 g/mol. The van der Waals surface area contributed by atoms with Gasteiger partial charge in [0.15, 0.2) is 5.82 Å². The summed E-state index contributed by atoms with van der Waals surface area (Å²) in [5.41, 5.74) is -0.714. The number of likely N-dealkylation sites (tertiary alicyclic amines) is 1. The molecular formula is C26H22Cl2F4N4O. The van der Waals surface area contributed by atoms with Gasteiger partial charge in [-0.05, 0) is 55.8 Å². The summed E-state index contributed by atoms with van der Waals surface area (Å²) in [6.07, 6.45) is 1.34. The molecule has 0 unspecified atom stereocenters. The number of nitrogens with one attached hydrogen (secondary N) is 1. The maximum atomic E-state index is 15.0. The van der Waals surface area contributed by atoms with Gasteiger partial charge in [-0.25, -0.2) is 14.4 Å². The van der Waals surface area contributed by atoms with Crippen LogP contribution in [0.2, 0.25) is 10.2 Å². The van der Waals surface area contributed by atoms with Crippen LogP contribution in [0.15, 0.2) is 54.7 Å². The Labute approximate surface area is 221 Å². The summed E-state index contributed by atoms with van der Waals surface area (Å²) < 4.78 is 55.2. The second kappa shape index (κ2) is 11.6. The average molecular weight is 553 g/mol. The molecule has 4 rings (SSSR count). The molecule has 3 heterocycles. The van der Waals surface area contributed by atoms with Crippen LogP contribution in [-0.2, 0) is 6.18 Å². The number of nitrogens with zero attached hydrogens (tertiary/aromatic N) is 3. The Morgan fingerprint density at radius 2 is 1.81 bits per heavy atom. The van der Waals surface area contributed by atoms with Crippen molar-refractivity contribution in [2.45, 2.75) is 24.9 Å². The summed E-state index contributed by atoms with van der Waals surface area (Å²) in [5.74, 6) is -2.39. The molecule has 37 heavy (non-hydrogen) atoms. The van der Waals surface area contributed by atoms with Gasteiger partial charge in [-0.15, -0.1) is 0 Å². The molecule has 1 fully saturated rings. The van der Waals surface area contributed by atoms with Crippen molar-refractivity contribution in [2.24, 2.45) is 0 Å². The molecule has 194 valence electrons. The van der Waals surface area contributed by atoms with Crippen molar-refractivity contribution in [3.05, 3.63) is 93.2 Å². The van der Waals surface area contributed by atoms with Crippen molar-refractivity contribution in [1.82, 2.24) is 14.9 Å². The van der Waals surface area contributed by atoms with Crippen LogP contribution in [0.5, 0.6) is 0 Å². The standard InChI is InChI=1S/C26H22Cl2F4N4O/c27-19-5-3-16(4-6-19)2-1-11-36-12-8-17(9-13-36)23-24(20(29)15-21(34-23)26(30,31)32)35-25(37)18-7-10-33-22(28)14-18/h1-7,10,14-15,17H,8-9,11-13H2,(H,35,37). The van der Waals surface area contributed by atoms with E-state index in [-0.39, 0.29) is 22.1 Å². The SMILES string of the molecule is O=C(Nc1c(F)cc(C(F)(F)F)nc1C1CCN(CC=Cc2ccc(Cl)cc2)CC1)c1ccnc(Cl)c1. The van der Waals surface area contributed by atoms with Crippen LogP contribution < -0.4 is 5.32 Å². The molecule has 3 aromatic rings. The largest absolute Gasteiger partial charge is 0.433 e. The molecular weight excluding hydrogens is 531 g/mol. The van der Waals surface area contributed by atoms with Crippen LogP contribution in [0, 0.1) is 5.82 Å². The summed E-state index contributed by atoms with van der Waals surface area (Å²) >= 11 is 11.7. The fourth-order valence-corrected chi connectivity index (χ4v) is 4.43. The molecule has 0 atom stereocenters. The van der Waals surface area contributed by atoms with E-state index < -0.39 is 29.5 Å². The molecule has 0 bridgehead atoms. The average Bonchev–Trinajstić information content (AvgIpc) is 2.86. The van der Waals surface area contributed by atoms with Gasteiger partial charge in [0, 0.05) is 35.3 Å². The first-order valence-electron chi connectivity index (χ1n) is 11.4. The molecule has 1 aliphatic rings. The predicted molar refractivity (Wildman–Crippen MR) is 135 cm³/mol. The molecule has 1 amide bonds. The number of aromatic nitrogens is 2. The summed E-state index contributed by atoms with van der Waals surface area (Å²) in [6, 6.07) is 10.3. The van der Waals surface area contributed by atoms with Crippen LogP contribution in [-0.4, -0.2) is 40.4 Å². The highest BCUT2D eigenvalue weighted by atomic mass is 35.5. The first-order chi connectivity index (χ1) is 17.6. The Hall–Kier alpha value is -3.01. The molecule has 11 heteroatoms. The third kappa shape index (κ3) is 7.06. The first kappa shape index (κ1) is 27.0. The molecule has 2 aromatic heterocycles. The summed E-state index contributed by atoms with van der Waals surface area (Å²) in [6.45, 7) is 1.79. The summed E-state index contributed by atoms with van der Waals surface area (Å²) in [5, 5.41) is 3.11. The first-order valence-corrected chi connectivity index (χ1v) is 12.2. The zero-order chi connectivity index (χ0) is 26.6. The van der Waals surface area contributed by atoms with Crippen LogP contribution in [0.1, 0.15) is 46.1 Å². The molecule has 5 nitrogen and oxygen atoms in total. The van der Waals surface area contributed by atoms with Gasteiger partial charge in [0.1, 0.15) is 10.8 Å². The number of anilines is 1. The Morgan fingerprint density at radius 1 is 1.11 bits per heavy atom. The normalized spacial score (nSPS) is 15.3. The fourth-order valence-electron chi connectivity index (χ4n) is 4.13. The van der Waals surface area contributed by atoms with E-state index in [2.05, 4.69) is 20.2 Å². The number of alkyl halides is 3. The number of amides is 1. The van der Waals surface area contributed by atoms with E-state index >= 15 is 0 Å². The van der Waals surface area contributed by atoms with Gasteiger partial charge in [0.25, 0.3) is 5.91 Å². The molecule has 1 aliphatic heterocycles. The number of benzene rings is 1. The van der Waals surface area contributed by atoms with Gasteiger partial charge in [0.05, 0.1) is 11.4 Å². The lowest BCUT2D eigenvalue weighted by Gasteiger charge is -2.32. The van der Waals surface area contributed by atoms with Crippen LogP contribution >= 0.6 is 23.2 Å². The minimum atomic E-state index is -4.83. The maximum Gasteiger partial charge on any atom is 0.433 e. The van der Waals surface area contributed by atoms with E-state index in [1.165, 1.54) is 18.3 Å². The number of hydrogen-bond donors (Lipinski definition) is 1. The number of halogens is 6. The van der Waals surface area contributed by atoms with Crippen molar-refractivity contribution in [3.63, 3.8) is 0 Å². The molecule has 1 saturated heterocycles. The number of pyridine rings is 2. The molecule has 0 aliphatic carbocycles. The molecule has 1 N–H and O–H groups in total. The number of rotatable bonds is 6. The number of hydrogen-bond acceptors (Lipinski definition) is 4. The van der Waals surface area contributed by atoms with Gasteiger partial charge < -0.3 is 5.32 Å². The zero-order valence-corrected chi connectivity index (χ0v) is 20.9. The van der Waals surface area contributed by atoms with Crippen LogP contribution in [0.3, 0.4) is 0 Å². The van der Waals surface area contributed by atoms with E-state index in [1.807, 2.05) is 24.3 Å². The highest BCUT2D eigenvalue weighted by molar-refractivity contribution is 6.30. The van der Waals surface area contributed by atoms with E-state index in [0.717, 1.165) is 5.56 Å². The highest BCUT2D eigenvalue weighted by Gasteiger charge is 2.36. The maximum absolute atomic E-state index is 15.0. The second-order valence-electron chi connectivity index (χ2n) is 8.60. The van der Waals surface area contributed by atoms with Gasteiger partial charge in [-0.1, -0.05) is 47.5 Å². The van der Waals surface area contributed by atoms with E-state index in [4.69, 9.17) is 23.2 Å². The summed E-state index contributed by atoms with van der Waals surface area (Å²) in [4.78, 5) is 22.4. The second-order valence-corrected chi connectivity index (χ2v) is 9.42. The van der Waals surface area contributed by atoms with Gasteiger partial charge in [-0.3, -0.25) is 9.69 Å². The van der Waals surface area contributed by atoms with Crippen molar-refractivity contribution in [1.29, 1.82) is 0 Å². The van der Waals surface area contributed by atoms with Gasteiger partial charge in [-0.2, -0.15) is 13.2 Å². The van der Waals surface area contributed by atoms with Crippen molar-refractivity contribution in [2.75, 3.05) is 25.0 Å². The quantitative estimate of drug-likeness (QED) is 0.262. The lowest BCUT2D eigenvalue weighted by atomic mass is 9.91. The molecule has 0 spiro atoms. The van der Waals surface area contributed by atoms with Crippen molar-refractivity contribution >= 4 is 40.9 Å². The third-order valence-electron chi connectivity index (χ3n) is 6.04. The Balaban J connectivity index is 1.50. The Bertz CT molecular complexity index is 1290. The third-order valence-corrected chi connectivity index (χ3v) is 6.49. The van der Waals surface area contributed by atoms with E-state index in [9.17, 15) is 22.4 Å². The fraction of sp³-hybridized carbons (Fsp3) is 0.269. The lowest BCUT2D eigenvalue weighted by Crippen LogP contribution is -2.34. The topological polar surface area (TPSA) is 58.1 Å². The minimum Gasteiger partial charge on any atom is -0.318 e. The molecule has 0 radical (unpaired) electrons. The van der Waals surface area contributed by atoms with Gasteiger partial charge in [0.2, 0.25) is 0 Å². The minimum absolute atomic E-state index is 0.0522. The van der Waals surface area contributed by atoms with Crippen LogP contribution in [0.4, 0.5) is 23.2 Å². The zero-order valence-electron chi connectivity index (χ0n) is 19.4. The Morgan fingerprint density at radius 3 is 2.46 bits per heavy atom. The smallest absolute Gasteiger partial charge is 0.318 e. The molecule has 0 saturated carbocycles. The van der Waals surface area contributed by atoms with E-state index in [0.29, 0.717) is 43.6 Å². The van der Waals surface area contributed by atoms with Crippen molar-refractivity contribution in [3.8, 4) is 0 Å². The predicted octanol–water partition coefficient (Wildman–Crippen LogP) is 7.09. The van der Waals surface area contributed by atoms with Crippen molar-refractivity contribution < 1.29 is 22.4 Å². The number of piperidine rings is 1.